The average molecular weight is 291 g/mol. The van der Waals surface area contributed by atoms with Crippen molar-refractivity contribution < 1.29 is 14.3 Å². The highest BCUT2D eigenvalue weighted by molar-refractivity contribution is 6.34. The molecule has 0 aliphatic heterocycles. The molecule has 1 aromatic carbocycles. The minimum Gasteiger partial charge on any atom is -0.482 e. The molecule has 0 heterocycles. The maximum atomic E-state index is 11.3. The zero-order valence-electron chi connectivity index (χ0n) is 9.63. The van der Waals surface area contributed by atoms with Gasteiger partial charge in [0.1, 0.15) is 5.75 Å². The maximum absolute atomic E-state index is 11.3. The van der Waals surface area contributed by atoms with Gasteiger partial charge in [0, 0.05) is 17.6 Å². The van der Waals surface area contributed by atoms with Gasteiger partial charge in [0.05, 0.1) is 5.02 Å². The van der Waals surface area contributed by atoms with E-state index >= 15 is 0 Å². The number of benzene rings is 1. The number of rotatable bonds is 4. The van der Waals surface area contributed by atoms with E-state index in [0.29, 0.717) is 16.6 Å². The van der Waals surface area contributed by atoms with Crippen LogP contribution in [-0.4, -0.2) is 25.1 Å². The van der Waals surface area contributed by atoms with E-state index in [9.17, 15) is 9.59 Å². The van der Waals surface area contributed by atoms with Crippen LogP contribution in [0.5, 0.6) is 5.75 Å². The first kappa shape index (κ1) is 14.6. The van der Waals surface area contributed by atoms with Crippen LogP contribution in [0.15, 0.2) is 18.2 Å². The Balaban J connectivity index is 2.47. The van der Waals surface area contributed by atoms with Crippen LogP contribution in [0.25, 0.3) is 0 Å². The Hall–Kier alpha value is -1.46. The summed E-state index contributed by atoms with van der Waals surface area (Å²) in [7, 11) is 0. The summed E-state index contributed by atoms with van der Waals surface area (Å²) >= 11 is 11.6. The summed E-state index contributed by atoms with van der Waals surface area (Å²) in [5.74, 6) is -0.285. The molecule has 18 heavy (non-hydrogen) atoms. The van der Waals surface area contributed by atoms with E-state index in [1.807, 2.05) is 0 Å². The summed E-state index contributed by atoms with van der Waals surface area (Å²) in [5.41, 5.74) is 0. The van der Waals surface area contributed by atoms with Crippen LogP contribution in [0.4, 0.5) is 4.79 Å². The third-order valence-corrected chi connectivity index (χ3v) is 2.39. The molecular weight excluding hydrogens is 279 g/mol. The fourth-order valence-corrected chi connectivity index (χ4v) is 1.43. The molecule has 0 aromatic heterocycles. The number of nitrogens with one attached hydrogen (secondary N) is 2. The van der Waals surface area contributed by atoms with Crippen molar-refractivity contribution in [1.29, 1.82) is 0 Å². The van der Waals surface area contributed by atoms with Crippen LogP contribution >= 0.6 is 23.2 Å². The van der Waals surface area contributed by atoms with Crippen molar-refractivity contribution in [3.63, 3.8) is 0 Å². The number of amides is 3. The predicted molar refractivity (Wildman–Crippen MR) is 69.2 cm³/mol. The molecule has 0 aliphatic rings. The Bertz CT molecular complexity index is 452. The minimum atomic E-state index is -0.572. The topological polar surface area (TPSA) is 67.4 Å². The lowest BCUT2D eigenvalue weighted by Gasteiger charge is -2.08. The molecule has 98 valence electrons. The first-order chi connectivity index (χ1) is 8.52. The smallest absolute Gasteiger partial charge is 0.321 e. The number of urea groups is 1. The first-order valence-corrected chi connectivity index (χ1v) is 5.94. The largest absolute Gasteiger partial charge is 0.482 e. The molecule has 0 spiro atoms. The standard InChI is InChI=1S/C11H12Cl2N2O3/c1-2-14-11(17)15-10(16)6-18-9-5-7(12)3-4-8(9)13/h3-5H,2,6H2,1H3,(H2,14,15,16,17). The van der Waals surface area contributed by atoms with Crippen LogP contribution in [0.3, 0.4) is 0 Å². The van der Waals surface area contributed by atoms with Crippen molar-refractivity contribution in [2.75, 3.05) is 13.2 Å². The molecule has 0 fully saturated rings. The number of carbonyl (C=O) groups is 2. The van der Waals surface area contributed by atoms with Gasteiger partial charge in [-0.15, -0.1) is 0 Å². The van der Waals surface area contributed by atoms with Gasteiger partial charge in [-0.1, -0.05) is 23.2 Å². The molecule has 7 heteroatoms. The first-order valence-electron chi connectivity index (χ1n) is 5.18. The third kappa shape index (κ3) is 4.81. The van der Waals surface area contributed by atoms with Gasteiger partial charge in [0.2, 0.25) is 0 Å². The molecule has 0 radical (unpaired) electrons. The van der Waals surface area contributed by atoms with Gasteiger partial charge < -0.3 is 10.1 Å². The fourth-order valence-electron chi connectivity index (χ4n) is 1.10. The number of halogens is 2. The Morgan fingerprint density at radius 2 is 2.06 bits per heavy atom. The van der Waals surface area contributed by atoms with Gasteiger partial charge in [0.15, 0.2) is 6.61 Å². The second-order valence-corrected chi connectivity index (χ2v) is 4.11. The molecule has 0 atom stereocenters. The molecular formula is C11H12Cl2N2O3. The Morgan fingerprint density at radius 3 is 2.72 bits per heavy atom. The summed E-state index contributed by atoms with van der Waals surface area (Å²) in [6.07, 6.45) is 0. The zero-order valence-corrected chi connectivity index (χ0v) is 11.1. The van der Waals surface area contributed by atoms with E-state index in [1.165, 1.54) is 6.07 Å². The van der Waals surface area contributed by atoms with Crippen LogP contribution < -0.4 is 15.4 Å². The molecule has 0 bridgehead atoms. The lowest BCUT2D eigenvalue weighted by Crippen LogP contribution is -2.41. The van der Waals surface area contributed by atoms with E-state index in [1.54, 1.807) is 19.1 Å². The molecule has 5 nitrogen and oxygen atoms in total. The second kappa shape index (κ2) is 7.08. The van der Waals surface area contributed by atoms with E-state index in [2.05, 4.69) is 10.6 Å². The number of hydrogen-bond donors (Lipinski definition) is 2. The Kier molecular flexibility index (Phi) is 5.74. The van der Waals surface area contributed by atoms with Gasteiger partial charge in [-0.2, -0.15) is 0 Å². The average Bonchev–Trinajstić information content (AvgIpc) is 2.30. The Labute approximate surface area is 114 Å². The quantitative estimate of drug-likeness (QED) is 0.893. The van der Waals surface area contributed by atoms with E-state index < -0.39 is 11.9 Å². The van der Waals surface area contributed by atoms with Crippen molar-refractivity contribution in [1.82, 2.24) is 10.6 Å². The summed E-state index contributed by atoms with van der Waals surface area (Å²) in [6, 6.07) is 4.08. The van der Waals surface area contributed by atoms with Crippen LogP contribution in [-0.2, 0) is 4.79 Å². The Morgan fingerprint density at radius 1 is 1.33 bits per heavy atom. The number of imide groups is 1. The monoisotopic (exact) mass is 290 g/mol. The normalized spacial score (nSPS) is 9.72. The van der Waals surface area contributed by atoms with Crippen LogP contribution in [0.1, 0.15) is 6.92 Å². The van der Waals surface area contributed by atoms with Gasteiger partial charge in [-0.25, -0.2) is 4.79 Å². The molecule has 0 aliphatic carbocycles. The van der Waals surface area contributed by atoms with E-state index in [-0.39, 0.29) is 12.4 Å². The summed E-state index contributed by atoms with van der Waals surface area (Å²) in [5, 5.41) is 5.30. The highest BCUT2D eigenvalue weighted by Crippen LogP contribution is 2.27. The van der Waals surface area contributed by atoms with Crippen LogP contribution in [0.2, 0.25) is 10.0 Å². The van der Waals surface area contributed by atoms with Gasteiger partial charge >= 0.3 is 6.03 Å². The third-order valence-electron chi connectivity index (χ3n) is 1.84. The van der Waals surface area contributed by atoms with Crippen molar-refractivity contribution >= 4 is 35.1 Å². The summed E-state index contributed by atoms with van der Waals surface area (Å²) in [4.78, 5) is 22.4. The number of hydrogen-bond acceptors (Lipinski definition) is 3. The van der Waals surface area contributed by atoms with Crippen molar-refractivity contribution in [3.8, 4) is 5.75 Å². The molecule has 1 rings (SSSR count). The van der Waals surface area contributed by atoms with Crippen molar-refractivity contribution in [3.05, 3.63) is 28.2 Å². The van der Waals surface area contributed by atoms with Gasteiger partial charge in [-0.3, -0.25) is 10.1 Å². The van der Waals surface area contributed by atoms with Gasteiger partial charge in [-0.05, 0) is 19.1 Å². The molecule has 0 saturated heterocycles. The highest BCUT2D eigenvalue weighted by Gasteiger charge is 2.09. The van der Waals surface area contributed by atoms with Gasteiger partial charge in [0.25, 0.3) is 5.91 Å². The second-order valence-electron chi connectivity index (χ2n) is 3.27. The maximum Gasteiger partial charge on any atom is 0.321 e. The number of ether oxygens (including phenoxy) is 1. The SMILES string of the molecule is CCNC(=O)NC(=O)COc1cc(Cl)ccc1Cl. The molecule has 3 amide bonds. The lowest BCUT2D eigenvalue weighted by atomic mass is 10.3. The summed E-state index contributed by atoms with van der Waals surface area (Å²) < 4.78 is 5.15. The predicted octanol–water partition coefficient (Wildman–Crippen LogP) is 2.22. The van der Waals surface area contributed by atoms with Crippen LogP contribution in [0, 0.1) is 0 Å². The number of carbonyl (C=O) groups excluding carboxylic acids is 2. The minimum absolute atomic E-state index is 0.287. The fraction of sp³-hybridized carbons (Fsp3) is 0.273. The van der Waals surface area contributed by atoms with Crippen molar-refractivity contribution in [2.45, 2.75) is 6.92 Å². The zero-order chi connectivity index (χ0) is 13.5. The highest BCUT2D eigenvalue weighted by atomic mass is 35.5. The molecule has 0 unspecified atom stereocenters. The van der Waals surface area contributed by atoms with E-state index in [4.69, 9.17) is 27.9 Å². The molecule has 2 N–H and O–H groups in total. The summed E-state index contributed by atoms with van der Waals surface area (Å²) in [6.45, 7) is 1.85. The van der Waals surface area contributed by atoms with Crippen molar-refractivity contribution in [2.24, 2.45) is 0 Å². The lowest BCUT2D eigenvalue weighted by molar-refractivity contribution is -0.122. The molecule has 0 saturated carbocycles. The molecule has 1 aromatic rings. The van der Waals surface area contributed by atoms with E-state index in [0.717, 1.165) is 0 Å².